The number of likely N-dealkylation sites (tertiary alicyclic amines) is 1. The van der Waals surface area contributed by atoms with Crippen LogP contribution in [0.1, 0.15) is 46.3 Å². The lowest BCUT2D eigenvalue weighted by Crippen LogP contribution is -2.33. The molecule has 0 radical (unpaired) electrons. The predicted octanol–water partition coefficient (Wildman–Crippen LogP) is 5.07. The number of carbonyl (C=O) groups is 1. The van der Waals surface area contributed by atoms with Crippen molar-refractivity contribution in [1.82, 2.24) is 4.90 Å². The monoisotopic (exact) mass is 393 g/mol. The molecule has 1 aliphatic rings. The van der Waals surface area contributed by atoms with E-state index >= 15 is 0 Å². The number of hydrogen-bond acceptors (Lipinski definition) is 4. The van der Waals surface area contributed by atoms with Gasteiger partial charge in [0.1, 0.15) is 18.1 Å². The minimum atomic E-state index is -0.00854. The Balaban J connectivity index is 1.65. The van der Waals surface area contributed by atoms with E-state index < -0.39 is 0 Å². The molecule has 0 atom stereocenters. The van der Waals surface area contributed by atoms with Gasteiger partial charge in [-0.05, 0) is 81.3 Å². The van der Waals surface area contributed by atoms with E-state index in [-0.39, 0.29) is 5.78 Å². The minimum Gasteiger partial charge on any atom is -0.496 e. The van der Waals surface area contributed by atoms with Crippen LogP contribution in [0.2, 0.25) is 0 Å². The second kappa shape index (κ2) is 10.3. The van der Waals surface area contributed by atoms with Crippen LogP contribution in [0.4, 0.5) is 0 Å². The summed E-state index contributed by atoms with van der Waals surface area (Å²) in [4.78, 5) is 15.3. The summed E-state index contributed by atoms with van der Waals surface area (Å²) in [6, 6.07) is 11.6. The van der Waals surface area contributed by atoms with Crippen molar-refractivity contribution >= 4 is 11.9 Å². The SMILES string of the molecule is COc1ccccc1/C=C/C(=O)c1c(C)cc(OCCN2CCCCC2)cc1C. The first-order chi connectivity index (χ1) is 14.1. The lowest BCUT2D eigenvalue weighted by Gasteiger charge is -2.26. The highest BCUT2D eigenvalue weighted by atomic mass is 16.5. The molecule has 0 unspecified atom stereocenters. The fourth-order valence-corrected chi connectivity index (χ4v) is 3.92. The van der Waals surface area contributed by atoms with E-state index in [1.807, 2.05) is 56.3 Å². The van der Waals surface area contributed by atoms with E-state index in [1.165, 1.54) is 32.4 Å². The quantitative estimate of drug-likeness (QED) is 0.463. The average Bonchev–Trinajstić information content (AvgIpc) is 2.72. The van der Waals surface area contributed by atoms with Crippen molar-refractivity contribution < 1.29 is 14.3 Å². The lowest BCUT2D eigenvalue weighted by atomic mass is 9.98. The van der Waals surface area contributed by atoms with Gasteiger partial charge in [-0.2, -0.15) is 0 Å². The standard InChI is InChI=1S/C25H31NO3/c1-19-17-22(29-16-15-26-13-7-4-8-14-26)18-20(2)25(19)23(27)12-11-21-9-5-6-10-24(21)28-3/h5-6,9-12,17-18H,4,7-8,13-16H2,1-3H3/b12-11+. The van der Waals surface area contributed by atoms with E-state index in [4.69, 9.17) is 9.47 Å². The molecule has 2 aromatic carbocycles. The molecule has 1 saturated heterocycles. The Hall–Kier alpha value is -2.59. The second-order valence-electron chi connectivity index (χ2n) is 7.62. The molecule has 2 aromatic rings. The summed E-state index contributed by atoms with van der Waals surface area (Å²) >= 11 is 0. The lowest BCUT2D eigenvalue weighted by molar-refractivity contribution is 0.104. The van der Waals surface area contributed by atoms with E-state index in [9.17, 15) is 4.79 Å². The van der Waals surface area contributed by atoms with Gasteiger partial charge in [0.2, 0.25) is 0 Å². The molecular weight excluding hydrogens is 362 g/mol. The van der Waals surface area contributed by atoms with E-state index in [0.29, 0.717) is 6.61 Å². The van der Waals surface area contributed by atoms with Gasteiger partial charge < -0.3 is 9.47 Å². The highest BCUT2D eigenvalue weighted by Gasteiger charge is 2.13. The third-order valence-electron chi connectivity index (χ3n) is 5.43. The van der Waals surface area contributed by atoms with Crippen molar-refractivity contribution in [1.29, 1.82) is 0 Å². The van der Waals surface area contributed by atoms with Gasteiger partial charge in [-0.1, -0.05) is 24.6 Å². The first-order valence-corrected chi connectivity index (χ1v) is 10.4. The maximum Gasteiger partial charge on any atom is 0.186 e. The normalized spacial score (nSPS) is 14.9. The number of piperidine rings is 1. The number of methoxy groups -OCH3 is 1. The largest absolute Gasteiger partial charge is 0.496 e. The molecule has 0 spiro atoms. The van der Waals surface area contributed by atoms with Crippen LogP contribution in [-0.4, -0.2) is 44.0 Å². The first kappa shape index (κ1) is 21.1. The first-order valence-electron chi connectivity index (χ1n) is 10.4. The van der Waals surface area contributed by atoms with Gasteiger partial charge in [-0.15, -0.1) is 0 Å². The van der Waals surface area contributed by atoms with Crippen molar-refractivity contribution in [2.75, 3.05) is 33.4 Å². The number of aryl methyl sites for hydroxylation is 2. The Morgan fingerprint density at radius 2 is 1.76 bits per heavy atom. The highest BCUT2D eigenvalue weighted by molar-refractivity contribution is 6.09. The van der Waals surface area contributed by atoms with Crippen LogP contribution < -0.4 is 9.47 Å². The molecule has 0 N–H and O–H groups in total. The van der Waals surface area contributed by atoms with Crippen LogP contribution in [0.5, 0.6) is 11.5 Å². The highest BCUT2D eigenvalue weighted by Crippen LogP contribution is 2.24. The van der Waals surface area contributed by atoms with Crippen LogP contribution in [0.25, 0.3) is 6.08 Å². The summed E-state index contributed by atoms with van der Waals surface area (Å²) in [5.41, 5.74) is 3.50. The molecule has 154 valence electrons. The molecule has 0 aliphatic carbocycles. The van der Waals surface area contributed by atoms with Gasteiger partial charge in [0.25, 0.3) is 0 Å². The molecule has 4 heteroatoms. The van der Waals surface area contributed by atoms with E-state index in [0.717, 1.165) is 40.3 Å². The van der Waals surface area contributed by atoms with Crippen LogP contribution >= 0.6 is 0 Å². The molecule has 3 rings (SSSR count). The summed E-state index contributed by atoms with van der Waals surface area (Å²) in [5.74, 6) is 1.58. The molecule has 29 heavy (non-hydrogen) atoms. The Morgan fingerprint density at radius 1 is 1.07 bits per heavy atom. The summed E-state index contributed by atoms with van der Waals surface area (Å²) in [6.07, 6.45) is 7.35. The van der Waals surface area contributed by atoms with Gasteiger partial charge in [0.05, 0.1) is 7.11 Å². The van der Waals surface area contributed by atoms with Crippen molar-refractivity contribution in [3.8, 4) is 11.5 Å². The molecule has 0 bridgehead atoms. The van der Waals surface area contributed by atoms with E-state index in [2.05, 4.69) is 4.90 Å². The fourth-order valence-electron chi connectivity index (χ4n) is 3.92. The van der Waals surface area contributed by atoms with Gasteiger partial charge in [-0.25, -0.2) is 0 Å². The fraction of sp³-hybridized carbons (Fsp3) is 0.400. The Morgan fingerprint density at radius 3 is 2.45 bits per heavy atom. The van der Waals surface area contributed by atoms with Crippen molar-refractivity contribution in [2.24, 2.45) is 0 Å². The molecule has 0 aromatic heterocycles. The molecule has 4 nitrogen and oxygen atoms in total. The van der Waals surface area contributed by atoms with Crippen LogP contribution in [0, 0.1) is 13.8 Å². The number of rotatable bonds is 8. The average molecular weight is 394 g/mol. The third-order valence-corrected chi connectivity index (χ3v) is 5.43. The maximum atomic E-state index is 12.8. The summed E-state index contributed by atoms with van der Waals surface area (Å²) < 4.78 is 11.3. The van der Waals surface area contributed by atoms with Gasteiger partial charge >= 0.3 is 0 Å². The smallest absolute Gasteiger partial charge is 0.186 e. The number of ether oxygens (including phenoxy) is 2. The summed E-state index contributed by atoms with van der Waals surface area (Å²) in [6.45, 7) is 7.92. The number of nitrogens with zero attached hydrogens (tertiary/aromatic N) is 1. The number of ketones is 1. The maximum absolute atomic E-state index is 12.8. The van der Waals surface area contributed by atoms with Gasteiger partial charge in [0.15, 0.2) is 5.78 Å². The summed E-state index contributed by atoms with van der Waals surface area (Å²) in [7, 11) is 1.63. The zero-order valence-corrected chi connectivity index (χ0v) is 17.7. The molecule has 1 fully saturated rings. The topological polar surface area (TPSA) is 38.8 Å². The molecule has 0 saturated carbocycles. The number of hydrogen-bond donors (Lipinski definition) is 0. The van der Waals surface area contributed by atoms with Crippen LogP contribution in [0.15, 0.2) is 42.5 Å². The molecule has 1 aliphatic heterocycles. The third kappa shape index (κ3) is 5.70. The molecular formula is C25H31NO3. The zero-order valence-electron chi connectivity index (χ0n) is 17.7. The minimum absolute atomic E-state index is 0.00854. The zero-order chi connectivity index (χ0) is 20.6. The van der Waals surface area contributed by atoms with E-state index in [1.54, 1.807) is 13.2 Å². The van der Waals surface area contributed by atoms with Crippen molar-refractivity contribution in [2.45, 2.75) is 33.1 Å². The Bertz CT molecular complexity index is 843. The molecule has 0 amide bonds. The number of para-hydroxylation sites is 1. The van der Waals surface area contributed by atoms with Crippen LogP contribution in [0.3, 0.4) is 0 Å². The number of benzene rings is 2. The van der Waals surface area contributed by atoms with Crippen molar-refractivity contribution in [3.63, 3.8) is 0 Å². The van der Waals surface area contributed by atoms with Crippen molar-refractivity contribution in [3.05, 3.63) is 64.7 Å². The second-order valence-corrected chi connectivity index (χ2v) is 7.62. The Kier molecular flexibility index (Phi) is 7.48. The van der Waals surface area contributed by atoms with Gasteiger partial charge in [-0.3, -0.25) is 9.69 Å². The number of allylic oxidation sites excluding steroid dienone is 1. The summed E-state index contributed by atoms with van der Waals surface area (Å²) in [5, 5.41) is 0. The number of carbonyl (C=O) groups excluding carboxylic acids is 1. The predicted molar refractivity (Wildman–Crippen MR) is 118 cm³/mol. The van der Waals surface area contributed by atoms with Gasteiger partial charge in [0, 0.05) is 17.7 Å². The molecule has 1 heterocycles. The Labute approximate surface area is 174 Å². The van der Waals surface area contributed by atoms with Crippen LogP contribution in [-0.2, 0) is 0 Å².